The molecule has 4 N–H and O–H groups in total. The number of aromatic nitrogens is 1. The van der Waals surface area contributed by atoms with E-state index in [0.717, 1.165) is 54.5 Å². The zero-order valence-electron chi connectivity index (χ0n) is 33.8. The third kappa shape index (κ3) is 7.52. The van der Waals surface area contributed by atoms with Crippen molar-refractivity contribution in [3.63, 3.8) is 0 Å². The second kappa shape index (κ2) is 17.4. The van der Waals surface area contributed by atoms with E-state index < -0.39 is 30.2 Å². The van der Waals surface area contributed by atoms with Crippen molar-refractivity contribution in [3.8, 4) is 17.2 Å². The van der Waals surface area contributed by atoms with E-state index in [1.54, 1.807) is 14.0 Å². The molecule has 5 aliphatic rings. The summed E-state index contributed by atoms with van der Waals surface area (Å²) in [6.45, 7) is 4.32. The number of nitrogens with zero attached hydrogens (tertiary/aromatic N) is 1. The minimum Gasteiger partial charge on any atom is -0.492 e. The molecule has 2 aromatic carbocycles. The maximum Gasteiger partial charge on any atom is 0.375 e. The lowest BCUT2D eigenvalue weighted by molar-refractivity contribution is -0.141. The first-order valence-electron chi connectivity index (χ1n) is 20.9. The molecule has 13 heteroatoms. The number of benzene rings is 2. The van der Waals surface area contributed by atoms with Gasteiger partial charge in [-0.3, -0.25) is 9.59 Å². The molecule has 314 valence electrons. The Morgan fingerprint density at radius 1 is 1.12 bits per heavy atom. The van der Waals surface area contributed by atoms with Crippen LogP contribution in [0.25, 0.3) is 16.5 Å². The number of rotatable bonds is 14. The van der Waals surface area contributed by atoms with E-state index in [4.69, 9.17) is 23.7 Å². The van der Waals surface area contributed by atoms with Gasteiger partial charge in [0.2, 0.25) is 5.76 Å². The van der Waals surface area contributed by atoms with E-state index in [0.29, 0.717) is 60.4 Å². The van der Waals surface area contributed by atoms with Gasteiger partial charge in [0.15, 0.2) is 6.29 Å². The number of hydrogen-bond acceptors (Lipinski definition) is 12. The Labute approximate surface area is 343 Å². The molecule has 1 aromatic heterocycles. The number of fused-ring (bicyclic) bond motifs is 4. The summed E-state index contributed by atoms with van der Waals surface area (Å²) in [5, 5.41) is 34.7. The number of Topliss-reactive ketones (excluding diaryl/α,β-unsaturated/α-hetero) is 1. The molecule has 13 nitrogen and oxygen atoms in total. The summed E-state index contributed by atoms with van der Waals surface area (Å²) in [7, 11) is 1.71. The second-order valence-electron chi connectivity index (χ2n) is 16.3. The van der Waals surface area contributed by atoms with Crippen LogP contribution in [-0.4, -0.2) is 108 Å². The van der Waals surface area contributed by atoms with Crippen LogP contribution in [0, 0.1) is 11.8 Å². The SMILES string of the molecule is CCOC(=O)C1=C(C=O)C(=C2CCC(=O)C(c3ccc4[nH]ccc4c3)C2)c2c(OCCCO)c3c(c(CO)c2O1)OC(C1(O)CC=CC2CN(CCCOC)CCC21)C3. The Hall–Kier alpha value is -4.79. The molecule has 8 rings (SSSR count). The van der Waals surface area contributed by atoms with E-state index >= 15 is 0 Å². The van der Waals surface area contributed by atoms with Gasteiger partial charge in [0.05, 0.1) is 36.5 Å². The van der Waals surface area contributed by atoms with Crippen LogP contribution in [0.5, 0.6) is 17.2 Å². The fourth-order valence-corrected chi connectivity index (χ4v) is 10.1. The molecule has 3 aliphatic heterocycles. The highest BCUT2D eigenvalue weighted by Crippen LogP contribution is 2.57. The lowest BCUT2D eigenvalue weighted by atomic mass is 9.66. The summed E-state index contributed by atoms with van der Waals surface area (Å²) < 4.78 is 30.5. The monoisotopic (exact) mass is 810 g/mol. The number of ketones is 1. The van der Waals surface area contributed by atoms with Gasteiger partial charge in [0.25, 0.3) is 0 Å². The largest absolute Gasteiger partial charge is 0.492 e. The van der Waals surface area contributed by atoms with E-state index in [-0.39, 0.29) is 79.3 Å². The molecule has 1 saturated heterocycles. The standard InChI is InChI=1S/C46H54N2O11/c1-3-56-45(53)44-33(25-50)39(29-9-11-37(52)31(22-29)27-8-10-36-28(21-27)12-15-47-36)40-42(57-20-6-18-49)32-23-38(58-41(32)34(26-51)43(40)59-44)46(54)14-4-7-30-24-48(16-5-19-55-2)17-13-35(30)46/h4,7-8,10,12,15,21,25,30-31,35,38,47,49,51,54H,3,5-6,9,11,13-14,16-20,22-24,26H2,1-2H3. The molecule has 2 aliphatic carbocycles. The average Bonchev–Trinajstić information content (AvgIpc) is 3.92. The van der Waals surface area contributed by atoms with Crippen molar-refractivity contribution in [2.24, 2.45) is 11.8 Å². The fraction of sp³-hybridized carbons (Fsp3) is 0.500. The predicted octanol–water partition coefficient (Wildman–Crippen LogP) is 5.09. The van der Waals surface area contributed by atoms with Gasteiger partial charge in [-0.15, -0.1) is 0 Å². The first-order valence-corrected chi connectivity index (χ1v) is 20.9. The number of piperidine rings is 1. The van der Waals surface area contributed by atoms with E-state index in [1.165, 1.54) is 0 Å². The number of aldehydes is 1. The molecule has 59 heavy (non-hydrogen) atoms. The molecule has 0 amide bonds. The van der Waals surface area contributed by atoms with Gasteiger partial charge < -0.3 is 48.9 Å². The molecule has 1 saturated carbocycles. The van der Waals surface area contributed by atoms with Gasteiger partial charge in [-0.2, -0.15) is 0 Å². The highest BCUT2D eigenvalue weighted by molar-refractivity contribution is 6.11. The topological polar surface area (TPSA) is 177 Å². The number of hydrogen-bond donors (Lipinski definition) is 4. The van der Waals surface area contributed by atoms with Crippen molar-refractivity contribution < 1.29 is 53.4 Å². The number of esters is 1. The zero-order chi connectivity index (χ0) is 41.3. The molecule has 5 unspecified atom stereocenters. The van der Waals surface area contributed by atoms with Gasteiger partial charge in [-0.05, 0) is 80.6 Å². The highest BCUT2D eigenvalue weighted by atomic mass is 16.6. The van der Waals surface area contributed by atoms with Crippen LogP contribution >= 0.6 is 0 Å². The van der Waals surface area contributed by atoms with Crippen LogP contribution in [0.2, 0.25) is 0 Å². The van der Waals surface area contributed by atoms with Gasteiger partial charge in [0.1, 0.15) is 34.7 Å². The lowest BCUT2D eigenvalue weighted by Gasteiger charge is -2.49. The first kappa shape index (κ1) is 41.0. The Bertz CT molecular complexity index is 2200. The number of carbonyl (C=O) groups is 3. The van der Waals surface area contributed by atoms with Crippen molar-refractivity contribution in [2.75, 3.05) is 53.2 Å². The molecule has 2 fully saturated rings. The summed E-state index contributed by atoms with van der Waals surface area (Å²) in [5.41, 5.74) is 2.85. The Morgan fingerprint density at radius 3 is 2.76 bits per heavy atom. The number of methoxy groups -OCH3 is 1. The number of ether oxygens (including phenoxy) is 5. The van der Waals surface area contributed by atoms with E-state index in [2.05, 4.69) is 16.0 Å². The minimum absolute atomic E-state index is 0.0201. The smallest absolute Gasteiger partial charge is 0.375 e. The zero-order valence-corrected chi connectivity index (χ0v) is 33.8. The number of H-pyrrole nitrogens is 1. The van der Waals surface area contributed by atoms with Crippen LogP contribution in [0.15, 0.2) is 59.5 Å². The van der Waals surface area contributed by atoms with Gasteiger partial charge in [0, 0.05) is 87.4 Å². The van der Waals surface area contributed by atoms with Crippen molar-refractivity contribution in [1.82, 2.24) is 9.88 Å². The molecular formula is C46H54N2O11. The number of likely N-dealkylation sites (tertiary alicyclic amines) is 1. The lowest BCUT2D eigenvalue weighted by Crippen LogP contribution is -2.58. The van der Waals surface area contributed by atoms with Crippen LogP contribution < -0.4 is 14.2 Å². The number of aromatic amines is 1. The third-order valence-electron chi connectivity index (χ3n) is 12.9. The Morgan fingerprint density at radius 2 is 1.98 bits per heavy atom. The Balaban J connectivity index is 1.25. The van der Waals surface area contributed by atoms with Crippen molar-refractivity contribution in [2.45, 2.75) is 82.5 Å². The average molecular weight is 811 g/mol. The van der Waals surface area contributed by atoms with Gasteiger partial charge in [-0.25, -0.2) is 4.79 Å². The number of allylic oxidation sites excluding steroid dienone is 3. The van der Waals surface area contributed by atoms with E-state index in [9.17, 15) is 29.7 Å². The molecule has 0 bridgehead atoms. The minimum atomic E-state index is -1.26. The summed E-state index contributed by atoms with van der Waals surface area (Å²) in [5.74, 6) is -0.924. The normalized spacial score (nSPS) is 26.6. The molecule has 0 spiro atoms. The van der Waals surface area contributed by atoms with Crippen LogP contribution in [0.4, 0.5) is 0 Å². The molecule has 0 radical (unpaired) electrons. The number of carbonyl (C=O) groups excluding carboxylic acids is 3. The highest BCUT2D eigenvalue weighted by Gasteiger charge is 2.54. The maximum atomic E-state index is 13.7. The summed E-state index contributed by atoms with van der Waals surface area (Å²) in [4.78, 5) is 46.3. The first-order chi connectivity index (χ1) is 28.7. The van der Waals surface area contributed by atoms with Crippen LogP contribution in [0.3, 0.4) is 0 Å². The summed E-state index contributed by atoms with van der Waals surface area (Å²) in [6, 6.07) is 7.84. The molecule has 5 atom stereocenters. The predicted molar refractivity (Wildman–Crippen MR) is 218 cm³/mol. The number of nitrogens with one attached hydrogen (secondary N) is 1. The van der Waals surface area contributed by atoms with Crippen LogP contribution in [0.1, 0.15) is 80.0 Å². The molecule has 3 aromatic rings. The van der Waals surface area contributed by atoms with Crippen molar-refractivity contribution >= 4 is 34.5 Å². The summed E-state index contributed by atoms with van der Waals surface area (Å²) in [6.07, 6.45) is 9.32. The summed E-state index contributed by atoms with van der Waals surface area (Å²) >= 11 is 0. The van der Waals surface area contributed by atoms with Gasteiger partial charge >= 0.3 is 5.97 Å². The molecular weight excluding hydrogens is 757 g/mol. The fourth-order valence-electron chi connectivity index (χ4n) is 10.1. The third-order valence-corrected chi connectivity index (χ3v) is 12.9. The second-order valence-corrected chi connectivity index (χ2v) is 16.3. The van der Waals surface area contributed by atoms with Crippen LogP contribution in [-0.2, 0) is 36.9 Å². The molecule has 4 heterocycles. The number of aliphatic hydroxyl groups excluding tert-OH is 2. The van der Waals surface area contributed by atoms with Crippen molar-refractivity contribution in [1.29, 1.82) is 0 Å². The maximum absolute atomic E-state index is 13.7. The van der Waals surface area contributed by atoms with Gasteiger partial charge in [-0.1, -0.05) is 23.8 Å². The Kier molecular flexibility index (Phi) is 12.1. The van der Waals surface area contributed by atoms with E-state index in [1.807, 2.05) is 36.5 Å². The number of aliphatic hydroxyl groups is 3. The quantitative estimate of drug-likeness (QED) is 0.0736. The van der Waals surface area contributed by atoms with Crippen molar-refractivity contribution in [3.05, 3.63) is 81.8 Å².